The van der Waals surface area contributed by atoms with Crippen LogP contribution >= 0.6 is 0 Å². The molecule has 2 N–H and O–H groups in total. The third-order valence-electron chi connectivity index (χ3n) is 3.07. The van der Waals surface area contributed by atoms with Crippen LogP contribution in [0.25, 0.3) is 0 Å². The predicted molar refractivity (Wildman–Crippen MR) is 90.5 cm³/mol. The molecule has 8 nitrogen and oxygen atoms in total. The van der Waals surface area contributed by atoms with E-state index in [0.717, 1.165) is 4.90 Å². The Morgan fingerprint density at radius 3 is 2.40 bits per heavy atom. The summed E-state index contributed by atoms with van der Waals surface area (Å²) in [5, 5.41) is 12.5. The van der Waals surface area contributed by atoms with Gasteiger partial charge in [0.1, 0.15) is 17.1 Å². The summed E-state index contributed by atoms with van der Waals surface area (Å²) in [4.78, 5) is 36.8. The Kier molecular flexibility index (Phi) is 6.78. The van der Waals surface area contributed by atoms with E-state index >= 15 is 0 Å². The molecule has 1 aromatic rings. The normalized spacial score (nSPS) is 10.8. The first-order valence-corrected chi connectivity index (χ1v) is 7.62. The second kappa shape index (κ2) is 8.36. The van der Waals surface area contributed by atoms with Crippen molar-refractivity contribution < 1.29 is 29.0 Å². The van der Waals surface area contributed by atoms with Crippen molar-refractivity contribution in [2.45, 2.75) is 26.3 Å². The molecule has 1 aromatic carbocycles. The van der Waals surface area contributed by atoms with E-state index in [4.69, 9.17) is 9.47 Å². The molecule has 1 rings (SSSR count). The fourth-order valence-electron chi connectivity index (χ4n) is 1.89. The van der Waals surface area contributed by atoms with Crippen LogP contribution in [0, 0.1) is 0 Å². The number of rotatable bonds is 6. The number of likely N-dealkylation sites (N-methyl/N-ethyl adjacent to an activating group) is 1. The molecule has 0 saturated carbocycles. The lowest BCUT2D eigenvalue weighted by atomic mass is 10.1. The molecule has 0 saturated heterocycles. The minimum atomic E-state index is -0.846. The van der Waals surface area contributed by atoms with E-state index in [0.29, 0.717) is 5.75 Å². The number of nitrogens with zero attached hydrogens (tertiary/aromatic N) is 1. The number of ether oxygens (including phenoxy) is 2. The lowest BCUT2D eigenvalue weighted by Crippen LogP contribution is -2.46. The molecule has 0 aliphatic rings. The number of benzene rings is 1. The van der Waals surface area contributed by atoms with E-state index in [2.05, 4.69) is 5.32 Å². The van der Waals surface area contributed by atoms with Crippen LogP contribution in [0.2, 0.25) is 0 Å². The van der Waals surface area contributed by atoms with Gasteiger partial charge in [0.05, 0.1) is 13.7 Å². The van der Waals surface area contributed by atoms with Gasteiger partial charge in [-0.15, -0.1) is 0 Å². The first-order valence-electron chi connectivity index (χ1n) is 7.62. The van der Waals surface area contributed by atoms with E-state index in [1.54, 1.807) is 0 Å². The second-order valence-corrected chi connectivity index (χ2v) is 6.51. The van der Waals surface area contributed by atoms with E-state index in [1.807, 2.05) is 20.8 Å². The Hall–Kier alpha value is -2.77. The third kappa shape index (κ3) is 6.70. The smallest absolute Gasteiger partial charge is 0.342 e. The average Bonchev–Trinajstić information content (AvgIpc) is 2.49. The van der Waals surface area contributed by atoms with Crippen molar-refractivity contribution in [2.24, 2.45) is 0 Å². The summed E-state index contributed by atoms with van der Waals surface area (Å²) in [5.41, 5.74) is -0.485. The number of carbonyl (C=O) groups is 3. The summed E-state index contributed by atoms with van der Waals surface area (Å²) in [5.74, 6) is -1.63. The zero-order valence-electron chi connectivity index (χ0n) is 15.1. The number of phenolic OH excluding ortho intramolecular Hbond substituents is 1. The monoisotopic (exact) mass is 352 g/mol. The van der Waals surface area contributed by atoms with Crippen molar-refractivity contribution in [1.82, 2.24) is 10.2 Å². The molecule has 8 heteroatoms. The number of nitrogens with one attached hydrogen (secondary N) is 1. The molecule has 2 amide bonds. The summed E-state index contributed by atoms with van der Waals surface area (Å²) in [7, 11) is 2.86. The van der Waals surface area contributed by atoms with Crippen LogP contribution in [-0.4, -0.2) is 60.6 Å². The van der Waals surface area contributed by atoms with Gasteiger partial charge in [0, 0.05) is 18.7 Å². The van der Waals surface area contributed by atoms with Crippen LogP contribution in [0.15, 0.2) is 18.2 Å². The molecule has 138 valence electrons. The number of esters is 1. The Morgan fingerprint density at radius 2 is 1.88 bits per heavy atom. The van der Waals surface area contributed by atoms with Crippen LogP contribution < -0.4 is 10.1 Å². The molecule has 0 heterocycles. The number of carbonyl (C=O) groups excluding carboxylic acids is 3. The molecule has 0 atom stereocenters. The van der Waals surface area contributed by atoms with Crippen LogP contribution in [0.1, 0.15) is 31.1 Å². The second-order valence-electron chi connectivity index (χ2n) is 6.51. The number of hydrogen-bond donors (Lipinski definition) is 2. The zero-order valence-corrected chi connectivity index (χ0v) is 15.1. The quantitative estimate of drug-likeness (QED) is 0.738. The molecule has 25 heavy (non-hydrogen) atoms. The van der Waals surface area contributed by atoms with Crippen molar-refractivity contribution >= 4 is 17.8 Å². The van der Waals surface area contributed by atoms with Gasteiger partial charge >= 0.3 is 5.97 Å². The fraction of sp³-hybridized carbons (Fsp3) is 0.471. The number of phenols is 1. The van der Waals surface area contributed by atoms with Gasteiger partial charge in [-0.3, -0.25) is 9.59 Å². The Labute approximate surface area is 146 Å². The van der Waals surface area contributed by atoms with E-state index in [9.17, 15) is 19.5 Å². The molecule has 0 spiro atoms. The predicted octanol–water partition coefficient (Wildman–Crippen LogP) is 0.931. The first kappa shape index (κ1) is 20.3. The van der Waals surface area contributed by atoms with Crippen molar-refractivity contribution in [3.05, 3.63) is 23.8 Å². The lowest BCUT2D eigenvalue weighted by molar-refractivity contribution is -0.137. The van der Waals surface area contributed by atoms with Crippen LogP contribution in [-0.2, 0) is 14.3 Å². The summed E-state index contributed by atoms with van der Waals surface area (Å²) >= 11 is 0. The van der Waals surface area contributed by atoms with Gasteiger partial charge in [-0.1, -0.05) is 0 Å². The standard InChI is InChI=1S/C17H24N2O6/c1-17(2,3)18-14(21)9-19(4)15(22)10-25-16(23)12-7-6-11(24-5)8-13(12)20/h6-8,20H,9-10H2,1-5H3,(H,18,21). The fourth-order valence-corrected chi connectivity index (χ4v) is 1.89. The molecule has 0 aromatic heterocycles. The van der Waals surface area contributed by atoms with E-state index < -0.39 is 24.0 Å². The van der Waals surface area contributed by atoms with Gasteiger partial charge < -0.3 is 24.8 Å². The topological polar surface area (TPSA) is 105 Å². The Morgan fingerprint density at radius 1 is 1.24 bits per heavy atom. The number of methoxy groups -OCH3 is 1. The maximum Gasteiger partial charge on any atom is 0.342 e. The van der Waals surface area contributed by atoms with Gasteiger partial charge in [-0.25, -0.2) is 4.79 Å². The van der Waals surface area contributed by atoms with Gasteiger partial charge in [0.15, 0.2) is 6.61 Å². The highest BCUT2D eigenvalue weighted by molar-refractivity contribution is 5.94. The average molecular weight is 352 g/mol. The molecule has 0 aliphatic carbocycles. The highest BCUT2D eigenvalue weighted by atomic mass is 16.5. The third-order valence-corrected chi connectivity index (χ3v) is 3.07. The van der Waals surface area contributed by atoms with E-state index in [-0.39, 0.29) is 23.8 Å². The minimum absolute atomic E-state index is 0.0817. The maximum atomic E-state index is 12.0. The first-order chi connectivity index (χ1) is 11.5. The molecule has 0 fully saturated rings. The van der Waals surface area contributed by atoms with Crippen LogP contribution in [0.4, 0.5) is 0 Å². The highest BCUT2D eigenvalue weighted by Gasteiger charge is 2.20. The number of hydrogen-bond acceptors (Lipinski definition) is 6. The summed E-state index contributed by atoms with van der Waals surface area (Å²) in [6, 6.07) is 4.09. The number of amides is 2. The van der Waals surface area contributed by atoms with Gasteiger partial charge in [0.25, 0.3) is 5.91 Å². The lowest BCUT2D eigenvalue weighted by Gasteiger charge is -2.23. The van der Waals surface area contributed by atoms with Crippen LogP contribution in [0.5, 0.6) is 11.5 Å². The van der Waals surface area contributed by atoms with Gasteiger partial charge in [-0.2, -0.15) is 0 Å². The SMILES string of the molecule is COc1ccc(C(=O)OCC(=O)N(C)CC(=O)NC(C)(C)C)c(O)c1. The summed E-state index contributed by atoms with van der Waals surface area (Å²) in [6.07, 6.45) is 0. The molecule has 0 bridgehead atoms. The van der Waals surface area contributed by atoms with Crippen molar-refractivity contribution in [3.63, 3.8) is 0 Å². The van der Waals surface area contributed by atoms with E-state index in [1.165, 1.54) is 32.4 Å². The molecule has 0 radical (unpaired) electrons. The highest BCUT2D eigenvalue weighted by Crippen LogP contribution is 2.23. The largest absolute Gasteiger partial charge is 0.507 e. The van der Waals surface area contributed by atoms with Crippen LogP contribution in [0.3, 0.4) is 0 Å². The van der Waals surface area contributed by atoms with Crippen molar-refractivity contribution in [3.8, 4) is 11.5 Å². The van der Waals surface area contributed by atoms with Gasteiger partial charge in [0.2, 0.25) is 5.91 Å². The summed E-state index contributed by atoms with van der Waals surface area (Å²) in [6.45, 7) is 4.80. The summed E-state index contributed by atoms with van der Waals surface area (Å²) < 4.78 is 9.81. The van der Waals surface area contributed by atoms with Crippen molar-refractivity contribution in [1.29, 1.82) is 0 Å². The molecular weight excluding hydrogens is 328 g/mol. The molecule has 0 aliphatic heterocycles. The number of aromatic hydroxyl groups is 1. The molecular formula is C17H24N2O6. The van der Waals surface area contributed by atoms with Gasteiger partial charge in [-0.05, 0) is 32.9 Å². The van der Waals surface area contributed by atoms with Crippen molar-refractivity contribution in [2.75, 3.05) is 27.3 Å². The maximum absolute atomic E-state index is 12.0. The zero-order chi connectivity index (χ0) is 19.2. The Balaban J connectivity index is 2.55. The molecule has 0 unspecified atom stereocenters. The minimum Gasteiger partial charge on any atom is -0.507 e. The Bertz CT molecular complexity index is 651.